The Labute approximate surface area is 134 Å². The molecule has 0 aromatic carbocycles. The van der Waals surface area contributed by atoms with Crippen LogP contribution in [0.15, 0.2) is 5.38 Å². The second kappa shape index (κ2) is 10.1. The van der Waals surface area contributed by atoms with Crippen LogP contribution in [-0.4, -0.2) is 49.2 Å². The zero-order valence-corrected chi connectivity index (χ0v) is 15.2. The van der Waals surface area contributed by atoms with Gasteiger partial charge in [-0.05, 0) is 46.4 Å². The molecule has 0 aliphatic heterocycles. The summed E-state index contributed by atoms with van der Waals surface area (Å²) in [6.45, 7) is 17.6. The van der Waals surface area contributed by atoms with Gasteiger partial charge in [0.2, 0.25) is 0 Å². The molecule has 122 valence electrons. The van der Waals surface area contributed by atoms with Gasteiger partial charge < -0.3 is 15.1 Å². The summed E-state index contributed by atoms with van der Waals surface area (Å²) >= 11 is 1.77. The van der Waals surface area contributed by atoms with E-state index in [0.29, 0.717) is 6.04 Å². The van der Waals surface area contributed by atoms with Crippen molar-refractivity contribution >= 4 is 16.5 Å². The molecule has 1 aromatic heterocycles. The van der Waals surface area contributed by atoms with Gasteiger partial charge in [-0.3, -0.25) is 0 Å². The second-order valence-corrected chi connectivity index (χ2v) is 6.13. The van der Waals surface area contributed by atoms with Crippen molar-refractivity contribution in [2.24, 2.45) is 0 Å². The predicted octanol–water partition coefficient (Wildman–Crippen LogP) is 3.37. The van der Waals surface area contributed by atoms with Gasteiger partial charge in [-0.25, -0.2) is 4.98 Å². The van der Waals surface area contributed by atoms with Crippen LogP contribution in [0.4, 0.5) is 5.13 Å². The molecule has 1 heterocycles. The van der Waals surface area contributed by atoms with Crippen molar-refractivity contribution in [3.8, 4) is 0 Å². The van der Waals surface area contributed by atoms with Crippen LogP contribution >= 0.6 is 11.3 Å². The van der Waals surface area contributed by atoms with E-state index >= 15 is 0 Å². The molecule has 1 unspecified atom stereocenters. The Morgan fingerprint density at radius 2 is 1.86 bits per heavy atom. The summed E-state index contributed by atoms with van der Waals surface area (Å²) in [5.41, 5.74) is 1.17. The molecule has 0 bridgehead atoms. The predicted molar refractivity (Wildman–Crippen MR) is 94.5 cm³/mol. The third kappa shape index (κ3) is 5.93. The third-order valence-corrected chi connectivity index (χ3v) is 4.83. The van der Waals surface area contributed by atoms with Crippen LogP contribution in [0.3, 0.4) is 0 Å². The number of hydrogen-bond acceptors (Lipinski definition) is 5. The zero-order valence-electron chi connectivity index (χ0n) is 14.4. The lowest BCUT2D eigenvalue weighted by molar-refractivity contribution is 0.300. The summed E-state index contributed by atoms with van der Waals surface area (Å²) in [7, 11) is 0. The Kier molecular flexibility index (Phi) is 8.88. The highest BCUT2D eigenvalue weighted by Gasteiger charge is 2.13. The minimum atomic E-state index is 0.342. The van der Waals surface area contributed by atoms with E-state index in [1.165, 1.54) is 18.7 Å². The first-order valence-electron chi connectivity index (χ1n) is 8.32. The summed E-state index contributed by atoms with van der Waals surface area (Å²) < 4.78 is 0. The largest absolute Gasteiger partial charge is 0.348 e. The number of anilines is 1. The lowest BCUT2D eigenvalue weighted by Crippen LogP contribution is -2.30. The second-order valence-electron chi connectivity index (χ2n) is 5.29. The molecule has 21 heavy (non-hydrogen) atoms. The van der Waals surface area contributed by atoms with Gasteiger partial charge in [-0.15, -0.1) is 11.3 Å². The van der Waals surface area contributed by atoms with Gasteiger partial charge in [0.05, 0.1) is 5.69 Å². The summed E-state index contributed by atoms with van der Waals surface area (Å²) in [4.78, 5) is 9.69. The maximum atomic E-state index is 4.81. The minimum absolute atomic E-state index is 0.342. The van der Waals surface area contributed by atoms with Gasteiger partial charge in [0, 0.05) is 24.5 Å². The summed E-state index contributed by atoms with van der Waals surface area (Å²) in [6, 6.07) is 0.342. The van der Waals surface area contributed by atoms with Gasteiger partial charge >= 0.3 is 0 Å². The highest BCUT2D eigenvalue weighted by molar-refractivity contribution is 7.13. The number of nitrogens with zero attached hydrogens (tertiary/aromatic N) is 3. The molecule has 0 saturated carbocycles. The Balaban J connectivity index is 2.52. The van der Waals surface area contributed by atoms with Crippen molar-refractivity contribution in [1.82, 2.24) is 15.2 Å². The minimum Gasteiger partial charge on any atom is -0.348 e. The maximum Gasteiger partial charge on any atom is 0.185 e. The van der Waals surface area contributed by atoms with Crippen molar-refractivity contribution < 1.29 is 0 Å². The van der Waals surface area contributed by atoms with E-state index in [2.05, 4.69) is 55.1 Å². The first-order valence-corrected chi connectivity index (χ1v) is 9.20. The topological polar surface area (TPSA) is 31.4 Å². The first kappa shape index (κ1) is 18.4. The van der Waals surface area contributed by atoms with Crippen molar-refractivity contribution in [2.75, 3.05) is 44.2 Å². The van der Waals surface area contributed by atoms with Gasteiger partial charge in [-0.2, -0.15) is 0 Å². The molecule has 0 amide bonds. The average molecular weight is 313 g/mol. The van der Waals surface area contributed by atoms with Crippen LogP contribution in [0.1, 0.15) is 52.8 Å². The van der Waals surface area contributed by atoms with Crippen LogP contribution in [0.5, 0.6) is 0 Å². The van der Waals surface area contributed by atoms with Gasteiger partial charge in [0.1, 0.15) is 0 Å². The van der Waals surface area contributed by atoms with E-state index < -0.39 is 0 Å². The van der Waals surface area contributed by atoms with Crippen LogP contribution in [0, 0.1) is 0 Å². The van der Waals surface area contributed by atoms with E-state index in [9.17, 15) is 0 Å². The lowest BCUT2D eigenvalue weighted by atomic mass is 10.2. The molecule has 0 radical (unpaired) electrons. The fraction of sp³-hybridized carbons (Fsp3) is 0.812. The van der Waals surface area contributed by atoms with Gasteiger partial charge in [0.25, 0.3) is 0 Å². The monoisotopic (exact) mass is 312 g/mol. The fourth-order valence-corrected chi connectivity index (χ4v) is 3.46. The Morgan fingerprint density at radius 3 is 2.43 bits per heavy atom. The van der Waals surface area contributed by atoms with Crippen molar-refractivity contribution in [2.45, 2.75) is 47.1 Å². The van der Waals surface area contributed by atoms with Crippen LogP contribution < -0.4 is 10.2 Å². The van der Waals surface area contributed by atoms with Crippen molar-refractivity contribution in [3.63, 3.8) is 0 Å². The molecule has 1 aromatic rings. The average Bonchev–Trinajstić information content (AvgIpc) is 2.98. The lowest BCUT2D eigenvalue weighted by Gasteiger charge is -2.23. The fourth-order valence-electron chi connectivity index (χ4n) is 2.45. The smallest absolute Gasteiger partial charge is 0.185 e. The summed E-state index contributed by atoms with van der Waals surface area (Å²) in [5.74, 6) is 0. The molecule has 0 aliphatic rings. The molecule has 1 rings (SSSR count). The van der Waals surface area contributed by atoms with Crippen LogP contribution in [-0.2, 0) is 0 Å². The number of nitrogens with one attached hydrogen (secondary N) is 1. The SMILES string of the molecule is CCNC(C)c1csc(N(CC)CCCN(CC)CC)n1. The van der Waals surface area contributed by atoms with Crippen LogP contribution in [0.2, 0.25) is 0 Å². The molecule has 4 nitrogen and oxygen atoms in total. The number of aromatic nitrogens is 1. The van der Waals surface area contributed by atoms with Crippen molar-refractivity contribution in [3.05, 3.63) is 11.1 Å². The normalized spacial score (nSPS) is 12.9. The standard InChI is InChI=1S/C16H32N4S/c1-6-17-14(5)15-13-21-16(18-15)20(9-4)12-10-11-19(7-2)8-3/h13-14,17H,6-12H2,1-5H3. The molecular weight excluding hydrogens is 280 g/mol. The molecule has 0 aliphatic carbocycles. The highest BCUT2D eigenvalue weighted by Crippen LogP contribution is 2.24. The highest BCUT2D eigenvalue weighted by atomic mass is 32.1. The van der Waals surface area contributed by atoms with Crippen molar-refractivity contribution in [1.29, 1.82) is 0 Å². The molecule has 0 spiro atoms. The Hall–Kier alpha value is -0.650. The number of hydrogen-bond donors (Lipinski definition) is 1. The Morgan fingerprint density at radius 1 is 1.14 bits per heavy atom. The molecule has 5 heteroatoms. The summed E-state index contributed by atoms with van der Waals surface area (Å²) in [5, 5.41) is 6.78. The van der Waals surface area contributed by atoms with Gasteiger partial charge in [0.15, 0.2) is 5.13 Å². The van der Waals surface area contributed by atoms with E-state index in [1.54, 1.807) is 11.3 Å². The van der Waals surface area contributed by atoms with E-state index in [1.807, 2.05) is 0 Å². The molecule has 0 fully saturated rings. The maximum absolute atomic E-state index is 4.81. The number of rotatable bonds is 11. The quantitative estimate of drug-likeness (QED) is 0.679. The molecule has 1 atom stereocenters. The van der Waals surface area contributed by atoms with E-state index in [4.69, 9.17) is 4.98 Å². The Bertz CT molecular complexity index is 376. The van der Waals surface area contributed by atoms with Gasteiger partial charge in [-0.1, -0.05) is 20.8 Å². The molecule has 1 N–H and O–H groups in total. The van der Waals surface area contributed by atoms with Crippen LogP contribution in [0.25, 0.3) is 0 Å². The number of thiazole rings is 1. The van der Waals surface area contributed by atoms with E-state index in [0.717, 1.165) is 37.9 Å². The third-order valence-electron chi connectivity index (χ3n) is 3.91. The summed E-state index contributed by atoms with van der Waals surface area (Å²) in [6.07, 6.45) is 1.20. The van der Waals surface area contributed by atoms with E-state index in [-0.39, 0.29) is 0 Å². The molecular formula is C16H32N4S. The first-order chi connectivity index (χ1) is 10.2. The molecule has 0 saturated heterocycles. The zero-order chi connectivity index (χ0) is 15.7.